The van der Waals surface area contributed by atoms with Gasteiger partial charge in [-0.15, -0.1) is 0 Å². The van der Waals surface area contributed by atoms with Crippen molar-refractivity contribution in [1.29, 1.82) is 0 Å². The van der Waals surface area contributed by atoms with E-state index in [9.17, 15) is 4.79 Å². The first kappa shape index (κ1) is 13.5. The Hall–Kier alpha value is -1.88. The van der Waals surface area contributed by atoms with Crippen molar-refractivity contribution in [2.24, 2.45) is 0 Å². The van der Waals surface area contributed by atoms with E-state index in [1.807, 2.05) is 13.8 Å². The lowest BCUT2D eigenvalue weighted by Gasteiger charge is -2.09. The highest BCUT2D eigenvalue weighted by atomic mass is 35.5. The molecule has 0 atom stereocenters. The molecule has 0 aliphatic rings. The largest absolute Gasteiger partial charge is 0.399 e. The predicted molar refractivity (Wildman–Crippen MR) is 74.3 cm³/mol. The quantitative estimate of drug-likeness (QED) is 0.689. The van der Waals surface area contributed by atoms with Crippen LogP contribution in [0, 0.1) is 0 Å². The van der Waals surface area contributed by atoms with Crippen LogP contribution in [0.2, 0.25) is 5.02 Å². The van der Waals surface area contributed by atoms with Gasteiger partial charge in [0.2, 0.25) is 0 Å². The standard InChI is InChI=1S/C13H15ClN4O/c1-8(2)18-13(16-7-17-18)6-12(19)9-3-10(14)5-11(15)4-9/h3-5,7-8H,6,15H2,1-2H3. The van der Waals surface area contributed by atoms with Gasteiger partial charge in [0, 0.05) is 22.3 Å². The van der Waals surface area contributed by atoms with Crippen molar-refractivity contribution in [1.82, 2.24) is 14.8 Å². The van der Waals surface area contributed by atoms with Crippen molar-refractivity contribution in [2.75, 3.05) is 5.73 Å². The fourth-order valence-electron chi connectivity index (χ4n) is 1.85. The van der Waals surface area contributed by atoms with E-state index >= 15 is 0 Å². The number of benzene rings is 1. The molecule has 0 unspecified atom stereocenters. The van der Waals surface area contributed by atoms with Gasteiger partial charge < -0.3 is 5.73 Å². The molecule has 0 radical (unpaired) electrons. The van der Waals surface area contributed by atoms with Gasteiger partial charge in [-0.3, -0.25) is 4.79 Å². The van der Waals surface area contributed by atoms with Crippen LogP contribution in [0.3, 0.4) is 0 Å². The van der Waals surface area contributed by atoms with Crippen molar-refractivity contribution in [3.8, 4) is 0 Å². The number of nitrogens with two attached hydrogens (primary N) is 1. The summed E-state index contributed by atoms with van der Waals surface area (Å²) < 4.78 is 1.73. The molecule has 5 nitrogen and oxygen atoms in total. The number of nitrogen functional groups attached to an aromatic ring is 1. The molecule has 1 heterocycles. The molecule has 0 spiro atoms. The van der Waals surface area contributed by atoms with E-state index in [2.05, 4.69) is 10.1 Å². The number of carbonyl (C=O) groups is 1. The van der Waals surface area contributed by atoms with Gasteiger partial charge >= 0.3 is 0 Å². The van der Waals surface area contributed by atoms with Gasteiger partial charge in [0.15, 0.2) is 5.78 Å². The molecule has 1 aromatic heterocycles. The number of ketones is 1. The lowest BCUT2D eigenvalue weighted by atomic mass is 10.1. The Morgan fingerprint density at radius 2 is 2.16 bits per heavy atom. The van der Waals surface area contributed by atoms with Crippen LogP contribution in [0.1, 0.15) is 36.1 Å². The Morgan fingerprint density at radius 1 is 1.42 bits per heavy atom. The van der Waals surface area contributed by atoms with Crippen LogP contribution in [-0.4, -0.2) is 20.5 Å². The SMILES string of the molecule is CC(C)n1ncnc1CC(=O)c1cc(N)cc(Cl)c1. The van der Waals surface area contributed by atoms with E-state index in [1.54, 1.807) is 22.9 Å². The number of hydrogen-bond acceptors (Lipinski definition) is 4. The minimum atomic E-state index is -0.0795. The maximum Gasteiger partial charge on any atom is 0.170 e. The molecule has 2 rings (SSSR count). The predicted octanol–water partition coefficient (Wildman–Crippen LogP) is 2.52. The molecule has 0 aliphatic carbocycles. The van der Waals surface area contributed by atoms with Crippen LogP contribution < -0.4 is 5.73 Å². The lowest BCUT2D eigenvalue weighted by Crippen LogP contribution is -2.13. The maximum absolute atomic E-state index is 12.2. The van der Waals surface area contributed by atoms with E-state index in [0.717, 1.165) is 0 Å². The monoisotopic (exact) mass is 278 g/mol. The maximum atomic E-state index is 12.2. The van der Waals surface area contributed by atoms with Crippen LogP contribution in [-0.2, 0) is 6.42 Å². The van der Waals surface area contributed by atoms with Crippen molar-refractivity contribution >= 4 is 23.1 Å². The number of nitrogens with zero attached hydrogens (tertiary/aromatic N) is 3. The molecule has 2 aromatic rings. The van der Waals surface area contributed by atoms with Crippen molar-refractivity contribution in [3.63, 3.8) is 0 Å². The van der Waals surface area contributed by atoms with Gasteiger partial charge in [0.25, 0.3) is 0 Å². The number of hydrogen-bond donors (Lipinski definition) is 1. The highest BCUT2D eigenvalue weighted by Gasteiger charge is 2.14. The Morgan fingerprint density at radius 3 is 2.79 bits per heavy atom. The zero-order valence-electron chi connectivity index (χ0n) is 10.8. The van der Waals surface area contributed by atoms with Crippen LogP contribution in [0.15, 0.2) is 24.5 Å². The highest BCUT2D eigenvalue weighted by Crippen LogP contribution is 2.18. The smallest absolute Gasteiger partial charge is 0.170 e. The number of halogens is 1. The molecular weight excluding hydrogens is 264 g/mol. The summed E-state index contributed by atoms with van der Waals surface area (Å²) >= 11 is 5.89. The molecule has 0 saturated heterocycles. The summed E-state index contributed by atoms with van der Waals surface area (Å²) in [5.41, 5.74) is 6.64. The van der Waals surface area contributed by atoms with Gasteiger partial charge in [0.1, 0.15) is 12.2 Å². The Balaban J connectivity index is 2.23. The number of aromatic nitrogens is 3. The van der Waals surface area contributed by atoms with Crippen LogP contribution >= 0.6 is 11.6 Å². The molecule has 19 heavy (non-hydrogen) atoms. The first-order chi connectivity index (χ1) is 8.97. The third kappa shape index (κ3) is 3.12. The van der Waals surface area contributed by atoms with Gasteiger partial charge in [-0.2, -0.15) is 5.10 Å². The molecule has 100 valence electrons. The summed E-state index contributed by atoms with van der Waals surface area (Å²) in [7, 11) is 0. The third-order valence-corrected chi connectivity index (χ3v) is 2.92. The van der Waals surface area contributed by atoms with E-state index in [-0.39, 0.29) is 18.2 Å². The minimum absolute atomic E-state index is 0.0795. The number of anilines is 1. The van der Waals surface area contributed by atoms with E-state index in [1.165, 1.54) is 6.33 Å². The van der Waals surface area contributed by atoms with Crippen molar-refractivity contribution < 1.29 is 4.79 Å². The normalized spacial score (nSPS) is 10.9. The van der Waals surface area contributed by atoms with Crippen LogP contribution in [0.25, 0.3) is 0 Å². The summed E-state index contributed by atoms with van der Waals surface area (Å²) in [6.45, 7) is 3.97. The summed E-state index contributed by atoms with van der Waals surface area (Å²) in [4.78, 5) is 16.3. The summed E-state index contributed by atoms with van der Waals surface area (Å²) in [5, 5.41) is 4.55. The van der Waals surface area contributed by atoms with E-state index in [4.69, 9.17) is 17.3 Å². The molecule has 0 aliphatic heterocycles. The average Bonchev–Trinajstić information content (AvgIpc) is 2.75. The molecule has 2 N–H and O–H groups in total. The second-order valence-electron chi connectivity index (χ2n) is 4.59. The van der Waals surface area contributed by atoms with Gasteiger partial charge in [-0.1, -0.05) is 11.6 Å². The zero-order valence-corrected chi connectivity index (χ0v) is 11.6. The number of carbonyl (C=O) groups excluding carboxylic acids is 1. The fraction of sp³-hybridized carbons (Fsp3) is 0.308. The molecule has 1 aromatic carbocycles. The Kier molecular flexibility index (Phi) is 3.85. The first-order valence-electron chi connectivity index (χ1n) is 5.95. The Labute approximate surface area is 116 Å². The Bertz CT molecular complexity index is 586. The molecule has 6 heteroatoms. The average molecular weight is 279 g/mol. The summed E-state index contributed by atoms with van der Waals surface area (Å²) in [6, 6.07) is 4.99. The van der Waals surface area contributed by atoms with Crippen molar-refractivity contribution in [3.05, 3.63) is 40.9 Å². The summed E-state index contributed by atoms with van der Waals surface area (Å²) in [5.74, 6) is 0.558. The molecular formula is C13H15ClN4O. The zero-order chi connectivity index (χ0) is 14.0. The van der Waals surface area contributed by atoms with Crippen LogP contribution in [0.5, 0.6) is 0 Å². The van der Waals surface area contributed by atoms with E-state index < -0.39 is 0 Å². The van der Waals surface area contributed by atoms with Crippen LogP contribution in [0.4, 0.5) is 5.69 Å². The molecule has 0 fully saturated rings. The highest BCUT2D eigenvalue weighted by molar-refractivity contribution is 6.31. The van der Waals surface area contributed by atoms with Gasteiger partial charge in [-0.05, 0) is 32.0 Å². The van der Waals surface area contributed by atoms with Crippen molar-refractivity contribution in [2.45, 2.75) is 26.3 Å². The first-order valence-corrected chi connectivity index (χ1v) is 6.33. The molecule has 0 bridgehead atoms. The second kappa shape index (κ2) is 5.40. The van der Waals surface area contributed by atoms with Gasteiger partial charge in [-0.25, -0.2) is 9.67 Å². The van der Waals surface area contributed by atoms with Gasteiger partial charge in [0.05, 0.1) is 6.42 Å². The number of rotatable bonds is 4. The molecule has 0 amide bonds. The minimum Gasteiger partial charge on any atom is -0.399 e. The lowest BCUT2D eigenvalue weighted by molar-refractivity contribution is 0.0989. The summed E-state index contributed by atoms with van der Waals surface area (Å²) in [6.07, 6.45) is 1.63. The fourth-order valence-corrected chi connectivity index (χ4v) is 2.09. The topological polar surface area (TPSA) is 73.8 Å². The number of Topliss-reactive ketones (excluding diaryl/α,β-unsaturated/α-hetero) is 1. The third-order valence-electron chi connectivity index (χ3n) is 2.70. The van der Waals surface area contributed by atoms with E-state index in [0.29, 0.717) is 22.1 Å². The molecule has 0 saturated carbocycles. The second-order valence-corrected chi connectivity index (χ2v) is 5.02.